The molecule has 9 heteroatoms. The fraction of sp³-hybridized carbons (Fsp3) is 0.333. The summed E-state index contributed by atoms with van der Waals surface area (Å²) in [6.45, 7) is 1.18. The van der Waals surface area contributed by atoms with Gasteiger partial charge in [0.2, 0.25) is 10.0 Å². The highest BCUT2D eigenvalue weighted by molar-refractivity contribution is 7.89. The first-order chi connectivity index (χ1) is 8.24. The third-order valence-electron chi connectivity index (χ3n) is 2.02. The van der Waals surface area contributed by atoms with Crippen molar-refractivity contribution in [1.82, 2.24) is 4.72 Å². The van der Waals surface area contributed by atoms with Gasteiger partial charge in [-0.2, -0.15) is 0 Å². The molecule has 0 spiro atoms. The second-order valence-electron chi connectivity index (χ2n) is 3.61. The van der Waals surface area contributed by atoms with Crippen LogP contribution in [0.25, 0.3) is 0 Å². The third kappa shape index (κ3) is 3.39. The average Bonchev–Trinajstić information content (AvgIpc) is 2.26. The van der Waals surface area contributed by atoms with Gasteiger partial charge in [0.1, 0.15) is 0 Å². The molecule has 1 aromatic rings. The van der Waals surface area contributed by atoms with Crippen molar-refractivity contribution in [3.05, 3.63) is 28.3 Å². The number of aromatic hydroxyl groups is 1. The van der Waals surface area contributed by atoms with Crippen molar-refractivity contribution in [2.45, 2.75) is 17.9 Å². The number of nitrogens with zero attached hydrogens (tertiary/aromatic N) is 1. The zero-order chi connectivity index (χ0) is 13.9. The van der Waals surface area contributed by atoms with Gasteiger partial charge in [0.25, 0.3) is 0 Å². The molecule has 0 aliphatic carbocycles. The largest absolute Gasteiger partial charge is 0.502 e. The molecule has 3 N–H and O–H groups in total. The topological polar surface area (TPSA) is 130 Å². The Morgan fingerprint density at radius 3 is 2.61 bits per heavy atom. The van der Waals surface area contributed by atoms with Crippen LogP contribution in [-0.2, 0) is 10.0 Å². The number of phenols is 1. The zero-order valence-electron chi connectivity index (χ0n) is 9.40. The first-order valence-electron chi connectivity index (χ1n) is 4.89. The Hall–Kier alpha value is -1.71. The van der Waals surface area contributed by atoms with Crippen LogP contribution in [0.1, 0.15) is 6.92 Å². The van der Waals surface area contributed by atoms with Crippen molar-refractivity contribution in [1.29, 1.82) is 0 Å². The van der Waals surface area contributed by atoms with Crippen LogP contribution in [-0.4, -0.2) is 36.2 Å². The first-order valence-corrected chi connectivity index (χ1v) is 6.37. The summed E-state index contributed by atoms with van der Waals surface area (Å²) in [4.78, 5) is 9.32. The van der Waals surface area contributed by atoms with E-state index in [0.717, 1.165) is 18.2 Å². The van der Waals surface area contributed by atoms with E-state index in [1.807, 2.05) is 0 Å². The van der Waals surface area contributed by atoms with E-state index < -0.39 is 32.5 Å². The highest BCUT2D eigenvalue weighted by Crippen LogP contribution is 2.27. The minimum Gasteiger partial charge on any atom is -0.502 e. The van der Waals surface area contributed by atoms with Gasteiger partial charge in [0.15, 0.2) is 5.75 Å². The molecular weight excluding hydrogens is 264 g/mol. The van der Waals surface area contributed by atoms with Crippen LogP contribution in [0.2, 0.25) is 0 Å². The number of nitro groups is 1. The van der Waals surface area contributed by atoms with E-state index in [4.69, 9.17) is 5.11 Å². The minimum absolute atomic E-state index is 0.211. The lowest BCUT2D eigenvalue weighted by atomic mass is 10.3. The van der Waals surface area contributed by atoms with E-state index in [1.165, 1.54) is 6.92 Å². The van der Waals surface area contributed by atoms with E-state index in [2.05, 4.69) is 4.72 Å². The Bertz CT molecular complexity index is 554. The summed E-state index contributed by atoms with van der Waals surface area (Å²) < 4.78 is 25.5. The minimum atomic E-state index is -3.95. The molecule has 100 valence electrons. The van der Waals surface area contributed by atoms with Gasteiger partial charge < -0.3 is 10.2 Å². The maximum atomic E-state index is 11.7. The molecule has 0 aromatic heterocycles. The lowest BCUT2D eigenvalue weighted by Gasteiger charge is -2.08. The van der Waals surface area contributed by atoms with E-state index in [1.54, 1.807) is 0 Å². The number of phenolic OH excluding ortho intramolecular Hbond substituents is 1. The third-order valence-corrected chi connectivity index (χ3v) is 3.44. The van der Waals surface area contributed by atoms with Crippen molar-refractivity contribution in [3.8, 4) is 5.75 Å². The Labute approximate surface area is 103 Å². The van der Waals surface area contributed by atoms with E-state index in [0.29, 0.717) is 0 Å². The molecule has 0 saturated carbocycles. The van der Waals surface area contributed by atoms with Crippen LogP contribution in [0.5, 0.6) is 5.75 Å². The molecule has 0 aliphatic rings. The first kappa shape index (κ1) is 14.4. The number of rotatable bonds is 5. The van der Waals surface area contributed by atoms with Gasteiger partial charge in [-0.1, -0.05) is 0 Å². The molecule has 8 nitrogen and oxygen atoms in total. The second-order valence-corrected chi connectivity index (χ2v) is 5.38. The highest BCUT2D eigenvalue weighted by Gasteiger charge is 2.21. The van der Waals surface area contributed by atoms with Crippen LogP contribution in [0.3, 0.4) is 0 Å². The summed E-state index contributed by atoms with van der Waals surface area (Å²) in [5.41, 5.74) is -0.699. The number of aliphatic hydroxyl groups excluding tert-OH is 1. The SMILES string of the molecule is C[C@@H](O)CNS(=O)(=O)c1ccc(O)c([N+](=O)[O-])c1. The second kappa shape index (κ2) is 5.29. The quantitative estimate of drug-likeness (QED) is 0.511. The van der Waals surface area contributed by atoms with Crippen molar-refractivity contribution in [2.75, 3.05) is 6.54 Å². The molecular formula is C9H12N2O6S. The van der Waals surface area contributed by atoms with Crippen LogP contribution in [0, 0.1) is 10.1 Å². The molecule has 0 amide bonds. The summed E-state index contributed by atoms with van der Waals surface area (Å²) in [6, 6.07) is 2.71. The van der Waals surface area contributed by atoms with E-state index in [-0.39, 0.29) is 11.4 Å². The maximum Gasteiger partial charge on any atom is 0.312 e. The number of hydrogen-bond acceptors (Lipinski definition) is 6. The molecule has 0 unspecified atom stereocenters. The molecule has 0 bridgehead atoms. The van der Waals surface area contributed by atoms with Crippen molar-refractivity contribution in [2.24, 2.45) is 0 Å². The maximum absolute atomic E-state index is 11.7. The van der Waals surface area contributed by atoms with E-state index in [9.17, 15) is 23.6 Å². The summed E-state index contributed by atoms with van der Waals surface area (Å²) in [5.74, 6) is -0.616. The Morgan fingerprint density at radius 1 is 1.50 bits per heavy atom. The Morgan fingerprint density at radius 2 is 2.11 bits per heavy atom. The molecule has 0 saturated heterocycles. The Kier molecular flexibility index (Phi) is 4.22. The van der Waals surface area contributed by atoms with Crippen LogP contribution in [0.15, 0.2) is 23.1 Å². The summed E-state index contributed by atoms with van der Waals surface area (Å²) >= 11 is 0. The van der Waals surface area contributed by atoms with Crippen LogP contribution < -0.4 is 4.72 Å². The lowest BCUT2D eigenvalue weighted by Crippen LogP contribution is -2.30. The molecule has 1 rings (SSSR count). The summed E-state index contributed by atoms with van der Waals surface area (Å²) in [7, 11) is -3.95. The lowest BCUT2D eigenvalue weighted by molar-refractivity contribution is -0.386. The fourth-order valence-electron chi connectivity index (χ4n) is 1.13. The molecule has 1 atom stereocenters. The summed E-state index contributed by atoms with van der Waals surface area (Å²) in [5, 5.41) is 28.7. The normalized spacial score (nSPS) is 13.2. The molecule has 0 aliphatic heterocycles. The fourth-order valence-corrected chi connectivity index (χ4v) is 2.27. The molecule has 0 heterocycles. The molecule has 1 aromatic carbocycles. The van der Waals surface area contributed by atoms with Crippen LogP contribution in [0.4, 0.5) is 5.69 Å². The van der Waals surface area contributed by atoms with Crippen molar-refractivity contribution >= 4 is 15.7 Å². The number of nitrogens with one attached hydrogen (secondary N) is 1. The van der Waals surface area contributed by atoms with Gasteiger partial charge in [-0.05, 0) is 19.1 Å². The molecule has 0 fully saturated rings. The highest BCUT2D eigenvalue weighted by atomic mass is 32.2. The number of benzene rings is 1. The smallest absolute Gasteiger partial charge is 0.312 e. The number of sulfonamides is 1. The van der Waals surface area contributed by atoms with Crippen molar-refractivity contribution < 1.29 is 23.6 Å². The zero-order valence-corrected chi connectivity index (χ0v) is 10.2. The van der Waals surface area contributed by atoms with Crippen LogP contribution >= 0.6 is 0 Å². The standard InChI is InChI=1S/C9H12N2O6S/c1-6(12)5-10-18(16,17)7-2-3-9(13)8(4-7)11(14)15/h2-4,6,10,12-13H,5H2,1H3/t6-/m1/s1. The van der Waals surface area contributed by atoms with Gasteiger partial charge in [0.05, 0.1) is 15.9 Å². The van der Waals surface area contributed by atoms with Gasteiger partial charge in [-0.3, -0.25) is 10.1 Å². The number of aliphatic hydroxyl groups is 1. The van der Waals surface area contributed by atoms with Crippen molar-refractivity contribution in [3.63, 3.8) is 0 Å². The van der Waals surface area contributed by atoms with E-state index >= 15 is 0 Å². The predicted octanol–water partition coefficient (Wildman–Crippen LogP) is -0.0405. The summed E-state index contributed by atoms with van der Waals surface area (Å²) in [6.07, 6.45) is -0.883. The Balaban J connectivity index is 3.10. The molecule has 0 radical (unpaired) electrons. The predicted molar refractivity (Wildman–Crippen MR) is 61.6 cm³/mol. The van der Waals surface area contributed by atoms with Gasteiger partial charge in [-0.25, -0.2) is 13.1 Å². The van der Waals surface area contributed by atoms with Gasteiger partial charge >= 0.3 is 5.69 Å². The average molecular weight is 276 g/mol. The van der Waals surface area contributed by atoms with Gasteiger partial charge in [-0.15, -0.1) is 0 Å². The monoisotopic (exact) mass is 276 g/mol. The molecule has 18 heavy (non-hydrogen) atoms. The number of nitro benzene ring substituents is 1. The van der Waals surface area contributed by atoms with Gasteiger partial charge in [0, 0.05) is 12.6 Å². The number of hydrogen-bond donors (Lipinski definition) is 3.